The molecule has 9 heteroatoms. The van der Waals surface area contributed by atoms with E-state index in [-0.39, 0.29) is 18.2 Å². The summed E-state index contributed by atoms with van der Waals surface area (Å²) >= 11 is 1.22. The zero-order valence-electron chi connectivity index (χ0n) is 13.2. The van der Waals surface area contributed by atoms with Gasteiger partial charge in [0, 0.05) is 30.1 Å². The van der Waals surface area contributed by atoms with Gasteiger partial charge >= 0.3 is 5.97 Å². The predicted molar refractivity (Wildman–Crippen MR) is 86.8 cm³/mol. The summed E-state index contributed by atoms with van der Waals surface area (Å²) in [6.07, 6.45) is 0. The first-order chi connectivity index (χ1) is 11.5. The molecule has 1 aromatic rings. The molecule has 8 nitrogen and oxygen atoms in total. The van der Waals surface area contributed by atoms with Crippen LogP contribution in [-0.2, 0) is 19.1 Å². The quantitative estimate of drug-likeness (QED) is 0.330. The van der Waals surface area contributed by atoms with Crippen molar-refractivity contribution >= 4 is 29.3 Å². The van der Waals surface area contributed by atoms with Gasteiger partial charge in [0.1, 0.15) is 5.25 Å². The number of morpholine rings is 1. The van der Waals surface area contributed by atoms with E-state index in [0.29, 0.717) is 31.2 Å². The van der Waals surface area contributed by atoms with Crippen LogP contribution in [0.1, 0.15) is 6.92 Å². The second kappa shape index (κ2) is 8.65. The fourth-order valence-corrected chi connectivity index (χ4v) is 2.92. The Kier molecular flexibility index (Phi) is 6.56. The first kappa shape index (κ1) is 18.2. The average Bonchev–Trinajstić information content (AvgIpc) is 2.60. The van der Waals surface area contributed by atoms with Gasteiger partial charge in [0.25, 0.3) is 11.6 Å². The minimum Gasteiger partial charge on any atom is -0.455 e. The minimum atomic E-state index is -0.524. The maximum absolute atomic E-state index is 12.0. The molecule has 2 rings (SSSR count). The Hall–Kier alpha value is -2.13. The van der Waals surface area contributed by atoms with Crippen LogP contribution in [0.4, 0.5) is 5.69 Å². The second-order valence-electron chi connectivity index (χ2n) is 5.11. The number of nitro benzene ring substituents is 1. The molecule has 0 bridgehead atoms. The summed E-state index contributed by atoms with van der Waals surface area (Å²) < 4.78 is 10.2. The number of non-ortho nitro benzene ring substituents is 1. The number of nitrogens with zero attached hydrogens (tertiary/aromatic N) is 2. The summed E-state index contributed by atoms with van der Waals surface area (Å²) in [5.74, 6) is -0.737. The molecule has 1 fully saturated rings. The maximum atomic E-state index is 12.0. The van der Waals surface area contributed by atoms with E-state index in [2.05, 4.69) is 0 Å². The molecule has 1 aromatic carbocycles. The molecule has 0 aliphatic carbocycles. The van der Waals surface area contributed by atoms with Gasteiger partial charge < -0.3 is 14.4 Å². The van der Waals surface area contributed by atoms with Gasteiger partial charge in [-0.2, -0.15) is 0 Å². The smallest absolute Gasteiger partial charge is 0.319 e. The average molecular weight is 354 g/mol. The van der Waals surface area contributed by atoms with Gasteiger partial charge in [-0.25, -0.2) is 0 Å². The minimum absolute atomic E-state index is 0.00862. The van der Waals surface area contributed by atoms with Crippen LogP contribution in [0.5, 0.6) is 0 Å². The summed E-state index contributed by atoms with van der Waals surface area (Å²) in [7, 11) is 0. The first-order valence-corrected chi connectivity index (χ1v) is 8.28. The van der Waals surface area contributed by atoms with Crippen LogP contribution < -0.4 is 0 Å². The largest absolute Gasteiger partial charge is 0.455 e. The lowest BCUT2D eigenvalue weighted by Crippen LogP contribution is -2.43. The van der Waals surface area contributed by atoms with Crippen molar-refractivity contribution in [2.75, 3.05) is 32.9 Å². The Labute approximate surface area is 143 Å². The molecule has 1 atom stereocenters. The van der Waals surface area contributed by atoms with Gasteiger partial charge in [-0.15, -0.1) is 11.8 Å². The van der Waals surface area contributed by atoms with Crippen LogP contribution in [0.15, 0.2) is 29.2 Å². The van der Waals surface area contributed by atoms with Crippen molar-refractivity contribution in [1.82, 2.24) is 4.90 Å². The summed E-state index contributed by atoms with van der Waals surface area (Å²) in [6, 6.07) is 5.90. The Morgan fingerprint density at radius 2 is 1.96 bits per heavy atom. The SMILES string of the molecule is C[C@@H](Sc1ccc([N+](=O)[O-])cc1)C(=O)OCC(=O)N1CCOCC1. The molecule has 24 heavy (non-hydrogen) atoms. The lowest BCUT2D eigenvalue weighted by atomic mass is 10.3. The van der Waals surface area contributed by atoms with E-state index >= 15 is 0 Å². The topological polar surface area (TPSA) is 99.0 Å². The molecule has 1 aliphatic rings. The Morgan fingerprint density at radius 3 is 2.54 bits per heavy atom. The van der Waals surface area contributed by atoms with Crippen LogP contribution in [0, 0.1) is 10.1 Å². The third-order valence-electron chi connectivity index (χ3n) is 3.39. The lowest BCUT2D eigenvalue weighted by Gasteiger charge is -2.26. The van der Waals surface area contributed by atoms with E-state index in [1.54, 1.807) is 24.0 Å². The molecule has 0 unspecified atom stereocenters. The number of hydrogen-bond acceptors (Lipinski definition) is 7. The highest BCUT2D eigenvalue weighted by molar-refractivity contribution is 8.00. The molecule has 0 aromatic heterocycles. The van der Waals surface area contributed by atoms with Crippen LogP contribution in [-0.4, -0.2) is 59.9 Å². The van der Waals surface area contributed by atoms with Gasteiger partial charge in [0.05, 0.1) is 18.1 Å². The molecule has 0 N–H and O–H groups in total. The molecule has 1 heterocycles. The van der Waals surface area contributed by atoms with Crippen molar-refractivity contribution in [3.05, 3.63) is 34.4 Å². The maximum Gasteiger partial charge on any atom is 0.319 e. The highest BCUT2D eigenvalue weighted by Crippen LogP contribution is 2.26. The predicted octanol–water partition coefficient (Wildman–Crippen LogP) is 1.48. The number of nitro groups is 1. The van der Waals surface area contributed by atoms with Gasteiger partial charge in [-0.1, -0.05) is 0 Å². The second-order valence-corrected chi connectivity index (χ2v) is 6.53. The molecule has 1 aliphatic heterocycles. The number of thioether (sulfide) groups is 1. The number of benzene rings is 1. The number of esters is 1. The van der Waals surface area contributed by atoms with Crippen molar-refractivity contribution in [3.8, 4) is 0 Å². The van der Waals surface area contributed by atoms with E-state index in [1.165, 1.54) is 23.9 Å². The van der Waals surface area contributed by atoms with E-state index < -0.39 is 16.1 Å². The van der Waals surface area contributed by atoms with Crippen LogP contribution in [0.2, 0.25) is 0 Å². The standard InChI is InChI=1S/C15H18N2O6S/c1-11(24-13-4-2-12(3-5-13)17(20)21)15(19)23-10-14(18)16-6-8-22-9-7-16/h2-5,11H,6-10H2,1H3/t11-/m1/s1. The van der Waals surface area contributed by atoms with Crippen molar-refractivity contribution in [2.24, 2.45) is 0 Å². The Balaban J connectivity index is 1.79. The zero-order chi connectivity index (χ0) is 17.5. The van der Waals surface area contributed by atoms with Gasteiger partial charge in [0.2, 0.25) is 0 Å². The number of carbonyl (C=O) groups is 2. The van der Waals surface area contributed by atoms with E-state index in [9.17, 15) is 19.7 Å². The van der Waals surface area contributed by atoms with Crippen LogP contribution >= 0.6 is 11.8 Å². The molecule has 0 radical (unpaired) electrons. The highest BCUT2D eigenvalue weighted by Gasteiger charge is 2.21. The summed E-state index contributed by atoms with van der Waals surface area (Å²) in [6.45, 7) is 3.36. The summed E-state index contributed by atoms with van der Waals surface area (Å²) in [5, 5.41) is 10.1. The molecule has 1 saturated heterocycles. The van der Waals surface area contributed by atoms with Crippen molar-refractivity contribution in [1.29, 1.82) is 0 Å². The molecule has 0 spiro atoms. The van der Waals surface area contributed by atoms with E-state index in [1.807, 2.05) is 0 Å². The Bertz CT molecular complexity index is 600. The third-order valence-corrected chi connectivity index (χ3v) is 4.48. The van der Waals surface area contributed by atoms with Crippen molar-refractivity contribution in [2.45, 2.75) is 17.1 Å². The first-order valence-electron chi connectivity index (χ1n) is 7.40. The number of carbonyl (C=O) groups excluding carboxylic acids is 2. The summed E-state index contributed by atoms with van der Waals surface area (Å²) in [4.78, 5) is 36.3. The zero-order valence-corrected chi connectivity index (χ0v) is 14.0. The highest BCUT2D eigenvalue weighted by atomic mass is 32.2. The fourth-order valence-electron chi connectivity index (χ4n) is 2.05. The fraction of sp³-hybridized carbons (Fsp3) is 0.467. The number of ether oxygens (including phenoxy) is 2. The molecular weight excluding hydrogens is 336 g/mol. The van der Waals surface area contributed by atoms with Crippen molar-refractivity contribution < 1.29 is 24.0 Å². The number of hydrogen-bond donors (Lipinski definition) is 0. The van der Waals surface area contributed by atoms with E-state index in [0.717, 1.165) is 0 Å². The van der Waals surface area contributed by atoms with Gasteiger partial charge in [0.15, 0.2) is 6.61 Å². The molecule has 0 saturated carbocycles. The number of rotatable bonds is 6. The van der Waals surface area contributed by atoms with E-state index in [4.69, 9.17) is 9.47 Å². The monoisotopic (exact) mass is 354 g/mol. The Morgan fingerprint density at radius 1 is 1.33 bits per heavy atom. The lowest BCUT2D eigenvalue weighted by molar-refractivity contribution is -0.384. The third kappa shape index (κ3) is 5.20. The van der Waals surface area contributed by atoms with Gasteiger partial charge in [-0.3, -0.25) is 19.7 Å². The number of amides is 1. The molecule has 1 amide bonds. The van der Waals surface area contributed by atoms with Crippen LogP contribution in [0.3, 0.4) is 0 Å². The summed E-state index contributed by atoms with van der Waals surface area (Å²) in [5.41, 5.74) is -0.00862. The normalized spacial score (nSPS) is 15.6. The van der Waals surface area contributed by atoms with Gasteiger partial charge in [-0.05, 0) is 19.1 Å². The van der Waals surface area contributed by atoms with Crippen molar-refractivity contribution in [3.63, 3.8) is 0 Å². The van der Waals surface area contributed by atoms with Crippen LogP contribution in [0.25, 0.3) is 0 Å². The molecular formula is C15H18N2O6S. The molecule has 130 valence electrons.